The number of aliphatic imine (C=N–C) groups is 1. The molecule has 0 aliphatic heterocycles. The van der Waals surface area contributed by atoms with Crippen LogP contribution in [0.2, 0.25) is 0 Å². The topological polar surface area (TPSA) is 114 Å². The van der Waals surface area contributed by atoms with Gasteiger partial charge in [-0.3, -0.25) is 24.7 Å². The smallest absolute Gasteiger partial charge is 0.333 e. The van der Waals surface area contributed by atoms with Gasteiger partial charge in [-0.15, -0.1) is 0 Å². The second-order valence-electron chi connectivity index (χ2n) is 4.87. The molecule has 2 aromatic carbocycles. The minimum atomic E-state index is -0.501. The standard InChI is InChI=1S/C16H12N4O4/c21-15-14(10-17-11-6-8-13(9-7-11)20(23)24)19(16(22)18-15)12-4-2-1-3-5-12/h1-10,21H,(H,18,22). The highest BCUT2D eigenvalue weighted by Crippen LogP contribution is 2.19. The van der Waals surface area contributed by atoms with E-state index in [1.807, 2.05) is 6.07 Å². The number of para-hydroxylation sites is 1. The summed E-state index contributed by atoms with van der Waals surface area (Å²) in [4.78, 5) is 28.6. The number of nitrogens with one attached hydrogen (secondary N) is 1. The quantitative estimate of drug-likeness (QED) is 0.436. The number of aromatic amines is 1. The van der Waals surface area contributed by atoms with Gasteiger partial charge in [0.2, 0.25) is 5.88 Å². The Morgan fingerprint density at radius 1 is 1.12 bits per heavy atom. The fourth-order valence-electron chi connectivity index (χ4n) is 2.18. The molecule has 1 aromatic heterocycles. The molecule has 8 nitrogen and oxygen atoms in total. The number of nitrogens with zero attached hydrogens (tertiary/aromatic N) is 3. The van der Waals surface area contributed by atoms with Crippen molar-refractivity contribution in [2.75, 3.05) is 0 Å². The van der Waals surface area contributed by atoms with Crippen LogP contribution in [-0.4, -0.2) is 25.8 Å². The summed E-state index contributed by atoms with van der Waals surface area (Å²) >= 11 is 0. The van der Waals surface area contributed by atoms with Crippen LogP contribution in [0.15, 0.2) is 64.4 Å². The molecule has 0 spiro atoms. The summed E-state index contributed by atoms with van der Waals surface area (Å²) in [6.07, 6.45) is 1.32. The highest BCUT2D eigenvalue weighted by Gasteiger charge is 2.13. The first-order valence-corrected chi connectivity index (χ1v) is 6.94. The van der Waals surface area contributed by atoms with Gasteiger partial charge in [0, 0.05) is 12.1 Å². The third kappa shape index (κ3) is 2.93. The van der Waals surface area contributed by atoms with Gasteiger partial charge < -0.3 is 5.11 Å². The number of benzene rings is 2. The van der Waals surface area contributed by atoms with Crippen LogP contribution < -0.4 is 5.69 Å². The van der Waals surface area contributed by atoms with E-state index < -0.39 is 10.6 Å². The molecule has 0 unspecified atom stereocenters. The number of aromatic hydroxyl groups is 1. The van der Waals surface area contributed by atoms with Crippen LogP contribution in [0.3, 0.4) is 0 Å². The van der Waals surface area contributed by atoms with Crippen molar-refractivity contribution in [2.45, 2.75) is 0 Å². The molecule has 120 valence electrons. The maximum Gasteiger partial charge on any atom is 0.333 e. The normalized spacial score (nSPS) is 11.0. The summed E-state index contributed by atoms with van der Waals surface area (Å²) in [5, 5.41) is 20.5. The zero-order valence-corrected chi connectivity index (χ0v) is 12.3. The Labute approximate surface area is 135 Å². The van der Waals surface area contributed by atoms with Gasteiger partial charge in [-0.1, -0.05) is 18.2 Å². The summed E-state index contributed by atoms with van der Waals surface area (Å²) in [6, 6.07) is 14.4. The predicted octanol–water partition coefficient (Wildman–Crippen LogP) is 2.53. The molecule has 0 saturated heterocycles. The molecular formula is C16H12N4O4. The third-order valence-corrected chi connectivity index (χ3v) is 3.32. The van der Waals surface area contributed by atoms with E-state index in [0.717, 1.165) is 0 Å². The summed E-state index contributed by atoms with van der Waals surface area (Å²) in [6.45, 7) is 0. The number of non-ortho nitro benzene ring substituents is 1. The molecule has 8 heteroatoms. The van der Waals surface area contributed by atoms with Crippen molar-refractivity contribution in [3.63, 3.8) is 0 Å². The molecular weight excluding hydrogens is 312 g/mol. The molecule has 3 rings (SSSR count). The van der Waals surface area contributed by atoms with E-state index in [4.69, 9.17) is 0 Å². The second-order valence-corrected chi connectivity index (χ2v) is 4.87. The number of rotatable bonds is 4. The molecule has 0 fully saturated rings. The summed E-state index contributed by atoms with van der Waals surface area (Å²) < 4.78 is 1.28. The van der Waals surface area contributed by atoms with E-state index in [1.165, 1.54) is 35.0 Å². The number of nitro groups is 1. The van der Waals surface area contributed by atoms with E-state index in [2.05, 4.69) is 9.98 Å². The average molecular weight is 324 g/mol. The molecule has 2 N–H and O–H groups in total. The Morgan fingerprint density at radius 3 is 2.42 bits per heavy atom. The van der Waals surface area contributed by atoms with Crippen molar-refractivity contribution in [1.29, 1.82) is 0 Å². The molecule has 24 heavy (non-hydrogen) atoms. The molecule has 3 aromatic rings. The Bertz CT molecular complexity index is 956. The monoisotopic (exact) mass is 324 g/mol. The maximum absolute atomic E-state index is 12.0. The number of imidazole rings is 1. The minimum absolute atomic E-state index is 0.0420. The van der Waals surface area contributed by atoms with Crippen LogP contribution in [0.25, 0.3) is 5.69 Å². The van der Waals surface area contributed by atoms with E-state index in [1.54, 1.807) is 24.3 Å². The highest BCUT2D eigenvalue weighted by atomic mass is 16.6. The fourth-order valence-corrected chi connectivity index (χ4v) is 2.18. The Balaban J connectivity index is 1.98. The van der Waals surface area contributed by atoms with Crippen LogP contribution in [0.5, 0.6) is 5.88 Å². The minimum Gasteiger partial charge on any atom is -0.493 e. The van der Waals surface area contributed by atoms with Crippen molar-refractivity contribution >= 4 is 17.6 Å². The summed E-state index contributed by atoms with van der Waals surface area (Å²) in [5.74, 6) is -0.311. The fraction of sp³-hybridized carbons (Fsp3) is 0. The highest BCUT2D eigenvalue weighted by molar-refractivity contribution is 5.83. The van der Waals surface area contributed by atoms with Crippen molar-refractivity contribution in [1.82, 2.24) is 9.55 Å². The second kappa shape index (κ2) is 6.21. The van der Waals surface area contributed by atoms with Crippen LogP contribution in [0.4, 0.5) is 11.4 Å². The van der Waals surface area contributed by atoms with Crippen molar-refractivity contribution in [3.8, 4) is 11.6 Å². The first kappa shape index (κ1) is 15.2. The van der Waals surface area contributed by atoms with Gasteiger partial charge in [-0.05, 0) is 24.3 Å². The third-order valence-electron chi connectivity index (χ3n) is 3.32. The average Bonchev–Trinajstić information content (AvgIpc) is 2.87. The molecule has 0 atom stereocenters. The Hall–Kier alpha value is -3.68. The largest absolute Gasteiger partial charge is 0.493 e. The number of hydrogen-bond donors (Lipinski definition) is 2. The van der Waals surface area contributed by atoms with Crippen molar-refractivity contribution in [2.24, 2.45) is 4.99 Å². The lowest BCUT2D eigenvalue weighted by Crippen LogP contribution is -2.16. The van der Waals surface area contributed by atoms with Crippen molar-refractivity contribution in [3.05, 3.63) is 80.9 Å². The Morgan fingerprint density at radius 2 is 1.79 bits per heavy atom. The molecule has 0 aliphatic carbocycles. The van der Waals surface area contributed by atoms with Crippen molar-refractivity contribution < 1.29 is 10.0 Å². The van der Waals surface area contributed by atoms with E-state index >= 15 is 0 Å². The molecule has 0 radical (unpaired) electrons. The zero-order valence-electron chi connectivity index (χ0n) is 12.3. The number of aromatic nitrogens is 2. The lowest BCUT2D eigenvalue weighted by molar-refractivity contribution is -0.384. The van der Waals surface area contributed by atoms with Gasteiger partial charge in [-0.2, -0.15) is 0 Å². The summed E-state index contributed by atoms with van der Waals surface area (Å²) in [5.41, 5.74) is 0.672. The SMILES string of the molecule is O=c1[nH]c(O)c(C=Nc2ccc([N+](=O)[O-])cc2)n1-c1ccccc1. The van der Waals surface area contributed by atoms with Gasteiger partial charge >= 0.3 is 5.69 Å². The van der Waals surface area contributed by atoms with E-state index in [0.29, 0.717) is 11.4 Å². The van der Waals surface area contributed by atoms with Gasteiger partial charge in [-0.25, -0.2) is 4.79 Å². The number of hydrogen-bond acceptors (Lipinski definition) is 5. The molecule has 1 heterocycles. The van der Waals surface area contributed by atoms with Crippen LogP contribution in [0, 0.1) is 10.1 Å². The molecule has 0 aliphatic rings. The van der Waals surface area contributed by atoms with Crippen LogP contribution >= 0.6 is 0 Å². The van der Waals surface area contributed by atoms with E-state index in [-0.39, 0.29) is 17.3 Å². The molecule has 0 amide bonds. The maximum atomic E-state index is 12.0. The number of H-pyrrole nitrogens is 1. The van der Waals surface area contributed by atoms with Gasteiger partial charge in [0.15, 0.2) is 0 Å². The molecule has 0 bridgehead atoms. The lowest BCUT2D eigenvalue weighted by atomic mass is 10.3. The van der Waals surface area contributed by atoms with Gasteiger partial charge in [0.1, 0.15) is 5.69 Å². The van der Waals surface area contributed by atoms with Crippen LogP contribution in [-0.2, 0) is 0 Å². The first-order chi connectivity index (χ1) is 11.6. The molecule has 0 saturated carbocycles. The number of nitro benzene ring substituents is 1. The first-order valence-electron chi connectivity index (χ1n) is 6.94. The van der Waals surface area contributed by atoms with Gasteiger partial charge in [0.25, 0.3) is 5.69 Å². The predicted molar refractivity (Wildman–Crippen MR) is 88.4 cm³/mol. The van der Waals surface area contributed by atoms with Crippen LogP contribution in [0.1, 0.15) is 5.69 Å². The van der Waals surface area contributed by atoms with E-state index in [9.17, 15) is 20.0 Å². The Kier molecular flexibility index (Phi) is 3.94. The summed E-state index contributed by atoms with van der Waals surface area (Å²) in [7, 11) is 0. The zero-order chi connectivity index (χ0) is 17.1. The lowest BCUT2D eigenvalue weighted by Gasteiger charge is -2.03. The van der Waals surface area contributed by atoms with Gasteiger partial charge in [0.05, 0.1) is 22.5 Å².